The van der Waals surface area contributed by atoms with Crippen LogP contribution in [0.5, 0.6) is 0 Å². The highest BCUT2D eigenvalue weighted by Crippen LogP contribution is 2.24. The Balaban J connectivity index is 2.45. The second kappa shape index (κ2) is 3.79. The number of benzene rings is 1. The Kier molecular flexibility index (Phi) is 2.47. The van der Waals surface area contributed by atoms with Crippen molar-refractivity contribution in [1.82, 2.24) is 4.98 Å². The maximum Gasteiger partial charge on any atom is 0.146 e. The topological polar surface area (TPSA) is 64.9 Å². The van der Waals surface area contributed by atoms with Crippen molar-refractivity contribution in [1.29, 1.82) is 0 Å². The van der Waals surface area contributed by atoms with Gasteiger partial charge in [0.15, 0.2) is 0 Å². The summed E-state index contributed by atoms with van der Waals surface area (Å²) < 4.78 is 0. The van der Waals surface area contributed by atoms with Gasteiger partial charge in [0.25, 0.3) is 0 Å². The molecule has 1 aromatic carbocycles. The smallest absolute Gasteiger partial charge is 0.146 e. The van der Waals surface area contributed by atoms with E-state index >= 15 is 0 Å². The fraction of sp³-hybridized carbons (Fsp3) is 0. The van der Waals surface area contributed by atoms with Crippen molar-refractivity contribution in [2.24, 2.45) is 0 Å². The van der Waals surface area contributed by atoms with Crippen LogP contribution in [-0.2, 0) is 0 Å². The van der Waals surface area contributed by atoms with E-state index in [9.17, 15) is 0 Å². The van der Waals surface area contributed by atoms with Crippen LogP contribution in [0.15, 0.2) is 36.5 Å². The highest BCUT2D eigenvalue weighted by atomic mass is 35.5. The van der Waals surface area contributed by atoms with Gasteiger partial charge >= 0.3 is 0 Å². The van der Waals surface area contributed by atoms with E-state index in [4.69, 9.17) is 23.1 Å². The van der Waals surface area contributed by atoms with Crippen LogP contribution in [-0.4, -0.2) is 4.98 Å². The summed E-state index contributed by atoms with van der Waals surface area (Å²) in [6, 6.07) is 9.27. The Hall–Kier alpha value is -1.74. The normalized spacial score (nSPS) is 10.2. The molecule has 0 bridgehead atoms. The molecule has 76 valence electrons. The zero-order chi connectivity index (χ0) is 10.8. The van der Waals surface area contributed by atoms with Gasteiger partial charge in [-0.15, -0.1) is 0 Å². The van der Waals surface area contributed by atoms with E-state index in [-0.39, 0.29) is 0 Å². The number of rotatable bonds is 1. The fourth-order valence-electron chi connectivity index (χ4n) is 1.29. The Bertz CT molecular complexity index is 480. The highest BCUT2D eigenvalue weighted by Gasteiger charge is 2.01. The summed E-state index contributed by atoms with van der Waals surface area (Å²) >= 11 is 5.80. The van der Waals surface area contributed by atoms with Gasteiger partial charge in [0.1, 0.15) is 5.82 Å². The summed E-state index contributed by atoms with van der Waals surface area (Å²) in [7, 11) is 0. The van der Waals surface area contributed by atoms with Crippen molar-refractivity contribution in [2.75, 3.05) is 11.5 Å². The molecular weight excluding hydrogens is 210 g/mol. The molecule has 2 aromatic rings. The number of hydrogen-bond acceptors (Lipinski definition) is 3. The van der Waals surface area contributed by atoms with Crippen molar-refractivity contribution < 1.29 is 0 Å². The molecule has 0 saturated carbocycles. The van der Waals surface area contributed by atoms with E-state index in [1.54, 1.807) is 12.3 Å². The first-order valence-electron chi connectivity index (χ1n) is 4.44. The first-order valence-corrected chi connectivity index (χ1v) is 4.81. The van der Waals surface area contributed by atoms with Crippen LogP contribution in [0, 0.1) is 0 Å². The predicted molar refractivity (Wildman–Crippen MR) is 63.5 cm³/mol. The molecule has 0 aliphatic rings. The van der Waals surface area contributed by atoms with Crippen LogP contribution in [0.4, 0.5) is 11.5 Å². The Morgan fingerprint density at radius 2 is 1.67 bits per heavy atom. The Morgan fingerprint density at radius 3 is 2.27 bits per heavy atom. The lowest BCUT2D eigenvalue weighted by Crippen LogP contribution is -1.97. The third kappa shape index (κ3) is 2.02. The monoisotopic (exact) mass is 219 g/mol. The zero-order valence-electron chi connectivity index (χ0n) is 7.94. The van der Waals surface area contributed by atoms with E-state index in [1.807, 2.05) is 24.3 Å². The van der Waals surface area contributed by atoms with E-state index in [0.29, 0.717) is 16.5 Å². The van der Waals surface area contributed by atoms with Crippen molar-refractivity contribution >= 4 is 23.1 Å². The lowest BCUT2D eigenvalue weighted by Gasteiger charge is -2.04. The minimum Gasteiger partial charge on any atom is -0.396 e. The molecule has 0 fully saturated rings. The minimum absolute atomic E-state index is 0.354. The quantitative estimate of drug-likeness (QED) is 0.775. The molecule has 0 saturated heterocycles. The number of aromatic nitrogens is 1. The summed E-state index contributed by atoms with van der Waals surface area (Å²) in [6.45, 7) is 0. The summed E-state index contributed by atoms with van der Waals surface area (Å²) in [5, 5.41) is 0.704. The average Bonchev–Trinajstić information content (AvgIpc) is 2.23. The first kappa shape index (κ1) is 9.80. The Labute approximate surface area is 92.7 Å². The number of pyridine rings is 1. The maximum absolute atomic E-state index is 5.80. The van der Waals surface area contributed by atoms with Gasteiger partial charge in [-0.1, -0.05) is 23.7 Å². The molecule has 0 spiro atoms. The van der Waals surface area contributed by atoms with E-state index in [2.05, 4.69) is 4.98 Å². The van der Waals surface area contributed by atoms with Crippen LogP contribution < -0.4 is 11.5 Å². The summed E-state index contributed by atoms with van der Waals surface area (Å²) in [5.41, 5.74) is 13.6. The van der Waals surface area contributed by atoms with Gasteiger partial charge < -0.3 is 11.5 Å². The third-order valence-electron chi connectivity index (χ3n) is 2.13. The molecule has 4 N–H and O–H groups in total. The third-order valence-corrected chi connectivity index (χ3v) is 2.38. The molecule has 0 unspecified atom stereocenters. The molecule has 0 radical (unpaired) electrons. The van der Waals surface area contributed by atoms with Crippen molar-refractivity contribution in [3.05, 3.63) is 41.6 Å². The zero-order valence-corrected chi connectivity index (χ0v) is 8.70. The Morgan fingerprint density at radius 1 is 1.00 bits per heavy atom. The SMILES string of the molecule is Nc1cc(-c2ccc(Cl)cc2)cnc1N. The molecular formula is C11H10ClN3. The van der Waals surface area contributed by atoms with Crippen LogP contribution >= 0.6 is 11.6 Å². The standard InChI is InChI=1S/C11H10ClN3/c12-9-3-1-7(2-4-9)8-5-10(13)11(14)15-6-8/h1-6H,13H2,(H2,14,15). The van der Waals surface area contributed by atoms with E-state index < -0.39 is 0 Å². The van der Waals surface area contributed by atoms with Gasteiger partial charge in [-0.05, 0) is 23.8 Å². The molecule has 0 aliphatic carbocycles. The van der Waals surface area contributed by atoms with Gasteiger partial charge in [-0.2, -0.15) is 0 Å². The fourth-order valence-corrected chi connectivity index (χ4v) is 1.42. The second-order valence-corrected chi connectivity index (χ2v) is 3.64. The number of nitrogens with two attached hydrogens (primary N) is 2. The summed E-state index contributed by atoms with van der Waals surface area (Å²) in [5.74, 6) is 0.354. The lowest BCUT2D eigenvalue weighted by atomic mass is 10.1. The van der Waals surface area contributed by atoms with Gasteiger partial charge in [0, 0.05) is 16.8 Å². The number of nitrogens with zero attached hydrogens (tertiary/aromatic N) is 1. The van der Waals surface area contributed by atoms with Crippen LogP contribution in [0.3, 0.4) is 0 Å². The van der Waals surface area contributed by atoms with E-state index in [0.717, 1.165) is 11.1 Å². The van der Waals surface area contributed by atoms with Crippen molar-refractivity contribution in [2.45, 2.75) is 0 Å². The maximum atomic E-state index is 5.80. The van der Waals surface area contributed by atoms with E-state index in [1.165, 1.54) is 0 Å². The predicted octanol–water partition coefficient (Wildman–Crippen LogP) is 2.57. The van der Waals surface area contributed by atoms with Gasteiger partial charge in [0.2, 0.25) is 0 Å². The number of anilines is 2. The molecule has 1 aromatic heterocycles. The first-order chi connectivity index (χ1) is 7.16. The van der Waals surface area contributed by atoms with Crippen LogP contribution in [0.2, 0.25) is 5.02 Å². The molecule has 2 rings (SSSR count). The number of hydrogen-bond donors (Lipinski definition) is 2. The van der Waals surface area contributed by atoms with Crippen LogP contribution in [0.1, 0.15) is 0 Å². The van der Waals surface area contributed by atoms with Crippen molar-refractivity contribution in [3.63, 3.8) is 0 Å². The number of halogens is 1. The molecule has 15 heavy (non-hydrogen) atoms. The number of nitrogen functional groups attached to an aromatic ring is 2. The summed E-state index contributed by atoms with van der Waals surface area (Å²) in [6.07, 6.45) is 1.69. The second-order valence-electron chi connectivity index (χ2n) is 3.21. The molecule has 3 nitrogen and oxygen atoms in total. The van der Waals surface area contributed by atoms with Gasteiger partial charge in [-0.25, -0.2) is 4.98 Å². The molecule has 0 aliphatic heterocycles. The van der Waals surface area contributed by atoms with Crippen LogP contribution in [0.25, 0.3) is 11.1 Å². The van der Waals surface area contributed by atoms with Gasteiger partial charge in [0.05, 0.1) is 5.69 Å². The highest BCUT2D eigenvalue weighted by molar-refractivity contribution is 6.30. The average molecular weight is 220 g/mol. The summed E-state index contributed by atoms with van der Waals surface area (Å²) in [4.78, 5) is 4.00. The molecule has 0 amide bonds. The molecule has 0 atom stereocenters. The minimum atomic E-state index is 0.354. The molecule has 4 heteroatoms. The van der Waals surface area contributed by atoms with Gasteiger partial charge in [-0.3, -0.25) is 0 Å². The van der Waals surface area contributed by atoms with Crippen molar-refractivity contribution in [3.8, 4) is 11.1 Å². The largest absolute Gasteiger partial charge is 0.396 e. The lowest BCUT2D eigenvalue weighted by molar-refractivity contribution is 1.34. The molecule has 1 heterocycles.